The van der Waals surface area contributed by atoms with Crippen LogP contribution in [0.25, 0.3) is 0 Å². The summed E-state index contributed by atoms with van der Waals surface area (Å²) in [5, 5.41) is 8.54. The summed E-state index contributed by atoms with van der Waals surface area (Å²) in [6.07, 6.45) is -2.04. The summed E-state index contributed by atoms with van der Waals surface area (Å²) in [5.41, 5.74) is -1.12. The zero-order valence-electron chi connectivity index (χ0n) is 16.2. The molecule has 1 aromatic carbocycles. The number of fused-ring (bicyclic) bond motifs is 1. The Balaban J connectivity index is 1.54. The molecule has 2 unspecified atom stereocenters. The summed E-state index contributed by atoms with van der Waals surface area (Å²) < 4.78 is 67.5. The highest BCUT2D eigenvalue weighted by Crippen LogP contribution is 2.36. The number of aromatic nitrogens is 2. The van der Waals surface area contributed by atoms with Crippen LogP contribution in [0.3, 0.4) is 0 Å². The number of hydrogen-bond donors (Lipinski definition) is 0. The van der Waals surface area contributed by atoms with Crippen molar-refractivity contribution in [2.75, 3.05) is 11.6 Å². The zero-order valence-corrected chi connectivity index (χ0v) is 17.0. The smallest absolute Gasteiger partial charge is 0.331 e. The number of carbonyl (C=O) groups excluding carboxylic acids is 1. The first-order valence-corrected chi connectivity index (χ1v) is 9.83. The Morgan fingerprint density at radius 1 is 1.29 bits per heavy atom. The Morgan fingerprint density at radius 2 is 2.03 bits per heavy atom. The number of hydrogen-bond acceptors (Lipinski definition) is 4. The van der Waals surface area contributed by atoms with E-state index in [9.17, 15) is 26.7 Å². The van der Waals surface area contributed by atoms with Gasteiger partial charge in [0.15, 0.2) is 11.5 Å². The lowest BCUT2D eigenvalue weighted by Crippen LogP contribution is -2.54. The van der Waals surface area contributed by atoms with E-state index in [4.69, 9.17) is 11.6 Å². The van der Waals surface area contributed by atoms with E-state index in [1.54, 1.807) is 0 Å². The highest BCUT2D eigenvalue weighted by atomic mass is 35.5. The number of piperidine rings is 1. The summed E-state index contributed by atoms with van der Waals surface area (Å²) in [7, 11) is 0. The first-order chi connectivity index (χ1) is 14.6. The predicted molar refractivity (Wildman–Crippen MR) is 103 cm³/mol. The minimum absolute atomic E-state index is 0.0333. The van der Waals surface area contributed by atoms with Gasteiger partial charge in [0.25, 0.3) is 0 Å². The summed E-state index contributed by atoms with van der Waals surface area (Å²) in [4.78, 5) is 14.4. The molecule has 0 aliphatic carbocycles. The molecule has 1 amide bonds. The van der Waals surface area contributed by atoms with Crippen LogP contribution < -0.4 is 5.01 Å². The van der Waals surface area contributed by atoms with E-state index in [2.05, 4.69) is 10.2 Å². The van der Waals surface area contributed by atoms with Crippen LogP contribution in [-0.2, 0) is 17.5 Å². The number of amides is 1. The molecular weight excluding hydrogens is 445 g/mol. The number of anilines is 1. The number of benzene rings is 1. The Labute approximate surface area is 178 Å². The van der Waals surface area contributed by atoms with Gasteiger partial charge >= 0.3 is 6.18 Å². The number of hydrazone groups is 1. The van der Waals surface area contributed by atoms with Crippen LogP contribution >= 0.6 is 11.6 Å². The summed E-state index contributed by atoms with van der Waals surface area (Å²) in [5.74, 6) is -1.95. The second-order valence-corrected chi connectivity index (χ2v) is 7.77. The fraction of sp³-hybridized carbons (Fsp3) is 0.421. The second-order valence-electron chi connectivity index (χ2n) is 7.40. The van der Waals surface area contributed by atoms with E-state index in [0.717, 1.165) is 16.8 Å². The van der Waals surface area contributed by atoms with E-state index in [1.807, 2.05) is 0 Å². The number of halogens is 6. The average molecular weight is 462 g/mol. The van der Waals surface area contributed by atoms with Crippen LogP contribution in [0.1, 0.15) is 24.2 Å². The fourth-order valence-electron chi connectivity index (χ4n) is 3.95. The van der Waals surface area contributed by atoms with Crippen LogP contribution in [0.2, 0.25) is 5.02 Å². The molecule has 3 heterocycles. The third-order valence-corrected chi connectivity index (χ3v) is 5.93. The molecule has 1 fully saturated rings. The zero-order chi connectivity index (χ0) is 22.5. The molecule has 2 aromatic rings. The van der Waals surface area contributed by atoms with Gasteiger partial charge in [-0.05, 0) is 31.9 Å². The largest absolute Gasteiger partial charge is 0.436 e. The lowest BCUT2D eigenvalue weighted by Gasteiger charge is -2.39. The molecule has 12 heteroatoms. The summed E-state index contributed by atoms with van der Waals surface area (Å²) in [6.45, 7) is 1.29. The number of nitrogens with zero attached hydrogens (tertiary/aromatic N) is 5. The number of alkyl halides is 3. The Hall–Kier alpha value is -2.69. The lowest BCUT2D eigenvalue weighted by molar-refractivity contribution is -0.142. The standard InChI is InChI=1S/C19H17ClF5N5O/c1-10-17(20)18(19(23,24)25)27-29(10)9-16(31)28-6-2-3-14-15(28)8-26-30(14)13-5-4-11(21)7-12(13)22/h4-5,7-8,14-15H,2-3,6,9H2,1H3. The highest BCUT2D eigenvalue weighted by Gasteiger charge is 2.42. The maximum absolute atomic E-state index is 14.2. The van der Waals surface area contributed by atoms with Gasteiger partial charge < -0.3 is 4.90 Å². The first-order valence-electron chi connectivity index (χ1n) is 9.46. The van der Waals surface area contributed by atoms with Crippen molar-refractivity contribution in [2.24, 2.45) is 5.10 Å². The minimum atomic E-state index is -4.73. The van der Waals surface area contributed by atoms with Gasteiger partial charge in [-0.3, -0.25) is 14.5 Å². The van der Waals surface area contributed by atoms with Crippen molar-refractivity contribution in [3.63, 3.8) is 0 Å². The molecule has 31 heavy (non-hydrogen) atoms. The van der Waals surface area contributed by atoms with Crippen molar-refractivity contribution in [3.05, 3.63) is 46.2 Å². The van der Waals surface area contributed by atoms with Gasteiger partial charge in [-0.15, -0.1) is 0 Å². The number of likely N-dealkylation sites (tertiary alicyclic amines) is 1. The summed E-state index contributed by atoms with van der Waals surface area (Å²) in [6, 6.07) is 2.28. The topological polar surface area (TPSA) is 53.7 Å². The van der Waals surface area contributed by atoms with Gasteiger partial charge in [-0.1, -0.05) is 11.6 Å². The maximum Gasteiger partial charge on any atom is 0.436 e. The van der Waals surface area contributed by atoms with Crippen LogP contribution in [0.5, 0.6) is 0 Å². The van der Waals surface area contributed by atoms with Crippen molar-refractivity contribution in [1.82, 2.24) is 14.7 Å². The van der Waals surface area contributed by atoms with E-state index in [1.165, 1.54) is 29.1 Å². The molecule has 4 rings (SSSR count). The van der Waals surface area contributed by atoms with E-state index < -0.39 is 47.0 Å². The number of carbonyl (C=O) groups is 1. The molecule has 0 bridgehead atoms. The lowest BCUT2D eigenvalue weighted by atomic mass is 9.97. The quantitative estimate of drug-likeness (QED) is 0.649. The van der Waals surface area contributed by atoms with Gasteiger partial charge in [-0.25, -0.2) is 8.78 Å². The molecule has 1 saturated heterocycles. The monoisotopic (exact) mass is 461 g/mol. The van der Waals surface area contributed by atoms with E-state index in [0.29, 0.717) is 19.4 Å². The van der Waals surface area contributed by atoms with Gasteiger partial charge in [0, 0.05) is 18.8 Å². The van der Waals surface area contributed by atoms with Crippen molar-refractivity contribution >= 4 is 29.4 Å². The molecule has 0 saturated carbocycles. The van der Waals surface area contributed by atoms with Crippen LogP contribution in [-0.4, -0.2) is 45.4 Å². The molecule has 2 aliphatic rings. The molecule has 166 valence electrons. The van der Waals surface area contributed by atoms with Gasteiger partial charge in [0.2, 0.25) is 5.91 Å². The molecule has 6 nitrogen and oxygen atoms in total. The third kappa shape index (κ3) is 3.86. The first kappa shape index (κ1) is 21.5. The normalized spacial score (nSPS) is 21.0. The van der Waals surface area contributed by atoms with Crippen molar-refractivity contribution < 1.29 is 26.7 Å². The van der Waals surface area contributed by atoms with Gasteiger partial charge in [0.05, 0.1) is 28.5 Å². The Bertz CT molecular complexity index is 1050. The Morgan fingerprint density at radius 3 is 2.68 bits per heavy atom. The molecule has 2 atom stereocenters. The molecule has 0 N–H and O–H groups in total. The predicted octanol–water partition coefficient (Wildman–Crippen LogP) is 4.01. The SMILES string of the molecule is Cc1c(Cl)c(C(F)(F)F)nn1CC(=O)N1CCCC2C1C=NN2c1ccc(F)cc1F. The van der Waals surface area contributed by atoms with Crippen molar-refractivity contribution in [2.45, 2.75) is 44.6 Å². The second kappa shape index (κ2) is 7.77. The van der Waals surface area contributed by atoms with Crippen molar-refractivity contribution in [3.8, 4) is 0 Å². The van der Waals surface area contributed by atoms with E-state index in [-0.39, 0.29) is 17.4 Å². The summed E-state index contributed by atoms with van der Waals surface area (Å²) >= 11 is 5.75. The average Bonchev–Trinajstić information content (AvgIpc) is 3.24. The minimum Gasteiger partial charge on any atom is -0.331 e. The fourth-order valence-corrected chi connectivity index (χ4v) is 4.19. The third-order valence-electron chi connectivity index (χ3n) is 5.47. The number of rotatable bonds is 3. The van der Waals surface area contributed by atoms with Gasteiger partial charge in [-0.2, -0.15) is 23.4 Å². The van der Waals surface area contributed by atoms with E-state index >= 15 is 0 Å². The van der Waals surface area contributed by atoms with Gasteiger partial charge in [0.1, 0.15) is 12.4 Å². The molecule has 0 spiro atoms. The van der Waals surface area contributed by atoms with Crippen LogP contribution in [0.15, 0.2) is 23.3 Å². The van der Waals surface area contributed by atoms with Crippen LogP contribution in [0, 0.1) is 18.6 Å². The highest BCUT2D eigenvalue weighted by molar-refractivity contribution is 6.32. The molecular formula is C19H17ClF5N5O. The molecule has 0 radical (unpaired) electrons. The van der Waals surface area contributed by atoms with Crippen LogP contribution in [0.4, 0.5) is 27.6 Å². The maximum atomic E-state index is 14.2. The molecule has 1 aromatic heterocycles. The molecule has 2 aliphatic heterocycles. The van der Waals surface area contributed by atoms with Crippen molar-refractivity contribution in [1.29, 1.82) is 0 Å². The Kier molecular flexibility index (Phi) is 5.40.